The van der Waals surface area contributed by atoms with Crippen LogP contribution in [0.15, 0.2) is 41.9 Å². The van der Waals surface area contributed by atoms with Crippen LogP contribution in [0.3, 0.4) is 0 Å². The van der Waals surface area contributed by atoms with Crippen LogP contribution in [0, 0.1) is 0 Å². The summed E-state index contributed by atoms with van der Waals surface area (Å²) in [7, 11) is 1.86. The monoisotopic (exact) mass is 509 g/mol. The van der Waals surface area contributed by atoms with E-state index in [1.54, 1.807) is 23.0 Å². The number of aromatic nitrogens is 4. The van der Waals surface area contributed by atoms with E-state index in [2.05, 4.69) is 26.4 Å². The summed E-state index contributed by atoms with van der Waals surface area (Å²) in [6, 6.07) is 2.03. The van der Waals surface area contributed by atoms with Crippen LogP contribution in [-0.2, 0) is 11.3 Å². The number of hydroxylamine groups is 1. The van der Waals surface area contributed by atoms with E-state index in [0.29, 0.717) is 31.5 Å². The molecule has 3 aromatic rings. The Balaban J connectivity index is 1.67. The molecule has 0 saturated carbocycles. The van der Waals surface area contributed by atoms with E-state index in [1.807, 2.05) is 31.0 Å². The molecule has 4 rings (SSSR count). The zero-order chi connectivity index (χ0) is 25.7. The van der Waals surface area contributed by atoms with Crippen LogP contribution in [0.2, 0.25) is 0 Å². The quantitative estimate of drug-likeness (QED) is 0.233. The third-order valence-corrected chi connectivity index (χ3v) is 6.50. The molecule has 4 N–H and O–H groups in total. The highest BCUT2D eigenvalue weighted by atomic mass is 32.1. The predicted molar refractivity (Wildman–Crippen MR) is 139 cm³/mol. The maximum Gasteiger partial charge on any atom is 0.277 e. The first kappa shape index (κ1) is 25.2. The van der Waals surface area contributed by atoms with Crippen molar-refractivity contribution in [2.45, 2.75) is 13.5 Å². The molecule has 13 heteroatoms. The highest BCUT2D eigenvalue weighted by Gasteiger charge is 2.21. The first-order valence-electron chi connectivity index (χ1n) is 11.2. The standard InChI is InChI=1S/C23H27N9O3S/c1-4-15(10-25-14(2)24)20-28-18-9-17(36-19(18)21(29-20)32-5-7-35-8-6-32)13-31(3)23-26-11-16(12-27-23)22(33)30-34/h4,9-12,34H,2,5-8,13,24H2,1,3H3,(H,30,33)/b15-4+,25-10?. The van der Waals surface area contributed by atoms with Crippen LogP contribution < -0.4 is 21.0 Å². The topological polar surface area (TPSA) is 155 Å². The SMILES string of the molecule is C=C(N)N=C/C(=C\C)c1nc(N2CCOCC2)c2sc(CN(C)c3ncc(C(=O)NO)cn3)cc2n1. The Morgan fingerprint density at radius 2 is 2.08 bits per heavy atom. The zero-order valence-corrected chi connectivity index (χ0v) is 20.8. The molecule has 3 aromatic heterocycles. The average molecular weight is 510 g/mol. The van der Waals surface area contributed by atoms with Gasteiger partial charge in [-0.15, -0.1) is 11.3 Å². The van der Waals surface area contributed by atoms with E-state index in [9.17, 15) is 4.79 Å². The minimum Gasteiger partial charge on any atom is -0.384 e. The number of amides is 1. The normalized spacial score (nSPS) is 14.4. The Hall–Kier alpha value is -3.94. The molecule has 0 unspecified atom stereocenters. The van der Waals surface area contributed by atoms with E-state index in [-0.39, 0.29) is 11.4 Å². The molecule has 0 atom stereocenters. The second-order valence-electron chi connectivity index (χ2n) is 7.96. The lowest BCUT2D eigenvalue weighted by molar-refractivity contribution is 0.0705. The summed E-state index contributed by atoms with van der Waals surface area (Å²) in [5, 5.41) is 8.77. The predicted octanol–water partition coefficient (Wildman–Crippen LogP) is 1.98. The fraction of sp³-hybridized carbons (Fsp3) is 0.304. The number of nitrogens with two attached hydrogens (primary N) is 1. The molecule has 0 aromatic carbocycles. The summed E-state index contributed by atoms with van der Waals surface area (Å²) >= 11 is 1.61. The highest BCUT2D eigenvalue weighted by molar-refractivity contribution is 7.19. The molecule has 0 radical (unpaired) electrons. The Kier molecular flexibility index (Phi) is 7.83. The van der Waals surface area contributed by atoms with Crippen molar-refractivity contribution in [2.24, 2.45) is 10.7 Å². The molecule has 12 nitrogen and oxygen atoms in total. The third-order valence-electron chi connectivity index (χ3n) is 5.39. The molecule has 188 valence electrons. The van der Waals surface area contributed by atoms with E-state index < -0.39 is 5.91 Å². The number of allylic oxidation sites excluding steroid dienone is 2. The van der Waals surface area contributed by atoms with Crippen molar-refractivity contribution in [2.75, 3.05) is 43.2 Å². The molecule has 1 amide bonds. The van der Waals surface area contributed by atoms with Gasteiger partial charge in [0.05, 0.1) is 35.5 Å². The molecule has 0 aliphatic carbocycles. The van der Waals surface area contributed by atoms with Gasteiger partial charge in [-0.05, 0) is 13.0 Å². The minimum atomic E-state index is -0.667. The lowest BCUT2D eigenvalue weighted by Gasteiger charge is -2.28. The second kappa shape index (κ2) is 11.2. The van der Waals surface area contributed by atoms with Crippen molar-refractivity contribution in [1.82, 2.24) is 25.4 Å². The van der Waals surface area contributed by atoms with E-state index in [4.69, 9.17) is 25.6 Å². The lowest BCUT2D eigenvalue weighted by atomic mass is 10.2. The second-order valence-corrected chi connectivity index (χ2v) is 9.10. The van der Waals surface area contributed by atoms with Gasteiger partial charge < -0.3 is 20.3 Å². The van der Waals surface area contributed by atoms with Gasteiger partial charge in [-0.2, -0.15) is 0 Å². The summed E-state index contributed by atoms with van der Waals surface area (Å²) < 4.78 is 6.52. The smallest absolute Gasteiger partial charge is 0.277 e. The van der Waals surface area contributed by atoms with Gasteiger partial charge in [0.2, 0.25) is 5.95 Å². The van der Waals surface area contributed by atoms with E-state index in [0.717, 1.165) is 39.6 Å². The average Bonchev–Trinajstić information content (AvgIpc) is 3.30. The molecule has 1 aliphatic heterocycles. The fourth-order valence-corrected chi connectivity index (χ4v) is 4.75. The Morgan fingerprint density at radius 1 is 1.36 bits per heavy atom. The first-order valence-corrected chi connectivity index (χ1v) is 12.0. The van der Waals surface area contributed by atoms with Gasteiger partial charge >= 0.3 is 0 Å². The number of nitrogens with zero attached hydrogens (tertiary/aromatic N) is 7. The molecule has 1 saturated heterocycles. The number of aliphatic imine (C=N–C) groups is 1. The zero-order valence-electron chi connectivity index (χ0n) is 20.0. The number of anilines is 2. The van der Waals surface area contributed by atoms with Gasteiger partial charge in [-0.25, -0.2) is 30.4 Å². The number of ether oxygens (including phenoxy) is 1. The number of fused-ring (bicyclic) bond motifs is 1. The molecule has 1 aliphatic rings. The largest absolute Gasteiger partial charge is 0.384 e. The number of hydrogen-bond acceptors (Lipinski definition) is 12. The summed E-state index contributed by atoms with van der Waals surface area (Å²) in [5.41, 5.74) is 8.91. The lowest BCUT2D eigenvalue weighted by Crippen LogP contribution is -2.37. The Labute approximate surface area is 211 Å². The number of hydrogen-bond donors (Lipinski definition) is 3. The fourth-order valence-electron chi connectivity index (χ4n) is 3.58. The molecule has 0 spiro atoms. The summed E-state index contributed by atoms with van der Waals surface area (Å²) in [6.45, 7) is 8.77. The van der Waals surface area contributed by atoms with Gasteiger partial charge in [-0.1, -0.05) is 12.7 Å². The van der Waals surface area contributed by atoms with Crippen LogP contribution in [-0.4, -0.2) is 70.6 Å². The van der Waals surface area contributed by atoms with Gasteiger partial charge in [-0.3, -0.25) is 10.0 Å². The maximum atomic E-state index is 11.5. The van der Waals surface area contributed by atoms with E-state index in [1.165, 1.54) is 12.4 Å². The molecule has 1 fully saturated rings. The van der Waals surface area contributed by atoms with Crippen molar-refractivity contribution in [3.05, 3.63) is 53.2 Å². The Morgan fingerprint density at radius 3 is 2.72 bits per heavy atom. The number of carbonyl (C=O) groups is 1. The number of nitrogens with one attached hydrogen (secondary N) is 1. The van der Waals surface area contributed by atoms with Crippen LogP contribution in [0.5, 0.6) is 0 Å². The summed E-state index contributed by atoms with van der Waals surface area (Å²) in [6.07, 6.45) is 6.22. The van der Waals surface area contributed by atoms with Gasteiger partial charge in [0.15, 0.2) is 11.6 Å². The van der Waals surface area contributed by atoms with Gasteiger partial charge in [0.1, 0.15) is 5.82 Å². The minimum absolute atomic E-state index is 0.163. The number of thiophene rings is 1. The molecular weight excluding hydrogens is 482 g/mol. The van der Waals surface area contributed by atoms with Crippen molar-refractivity contribution in [3.8, 4) is 0 Å². The number of morpholine rings is 1. The number of rotatable bonds is 8. The van der Waals surface area contributed by atoms with Crippen molar-refractivity contribution in [3.63, 3.8) is 0 Å². The summed E-state index contributed by atoms with van der Waals surface area (Å²) in [5.74, 6) is 1.39. The first-order chi connectivity index (χ1) is 17.4. The highest BCUT2D eigenvalue weighted by Crippen LogP contribution is 2.34. The summed E-state index contributed by atoms with van der Waals surface area (Å²) in [4.78, 5) is 38.9. The third kappa shape index (κ3) is 5.64. The van der Waals surface area contributed by atoms with Gasteiger partial charge in [0.25, 0.3) is 5.91 Å². The van der Waals surface area contributed by atoms with Crippen molar-refractivity contribution < 1.29 is 14.7 Å². The van der Waals surface area contributed by atoms with Crippen molar-refractivity contribution in [1.29, 1.82) is 0 Å². The molecule has 0 bridgehead atoms. The number of carbonyl (C=O) groups excluding carboxylic acids is 1. The maximum absolute atomic E-state index is 11.5. The van der Waals surface area contributed by atoms with Crippen LogP contribution in [0.25, 0.3) is 15.8 Å². The van der Waals surface area contributed by atoms with Gasteiger partial charge in [0, 0.05) is 49.2 Å². The van der Waals surface area contributed by atoms with Crippen LogP contribution >= 0.6 is 11.3 Å². The van der Waals surface area contributed by atoms with E-state index >= 15 is 0 Å². The molecule has 4 heterocycles. The molecular formula is C23H27N9O3S. The van der Waals surface area contributed by atoms with Crippen molar-refractivity contribution >= 4 is 51.0 Å². The Bertz CT molecular complexity index is 1310. The van der Waals surface area contributed by atoms with Crippen LogP contribution in [0.4, 0.5) is 11.8 Å². The molecule has 36 heavy (non-hydrogen) atoms. The van der Waals surface area contributed by atoms with Crippen LogP contribution in [0.1, 0.15) is 28.0 Å².